The van der Waals surface area contributed by atoms with Gasteiger partial charge in [0.25, 0.3) is 0 Å². The lowest BCUT2D eigenvalue weighted by atomic mass is 10.0. The van der Waals surface area contributed by atoms with E-state index in [-0.39, 0.29) is 12.1 Å². The van der Waals surface area contributed by atoms with E-state index >= 15 is 0 Å². The molecular formula is C35H45N5O4. The Balaban J connectivity index is 0.924. The van der Waals surface area contributed by atoms with Crippen molar-refractivity contribution in [3.05, 3.63) is 84.4 Å². The monoisotopic (exact) mass is 599 g/mol. The van der Waals surface area contributed by atoms with Gasteiger partial charge in [0.05, 0.1) is 5.69 Å². The summed E-state index contributed by atoms with van der Waals surface area (Å²) in [5.74, 6) is 0.293. The molecule has 3 N–H and O–H groups in total. The molecule has 2 fully saturated rings. The number of piperidine rings is 1. The maximum Gasteiger partial charge on any atom is 0.411 e. The van der Waals surface area contributed by atoms with E-state index in [2.05, 4.69) is 15.5 Å². The van der Waals surface area contributed by atoms with E-state index in [1.807, 2.05) is 76.5 Å². The van der Waals surface area contributed by atoms with E-state index in [9.17, 15) is 14.7 Å². The lowest BCUT2D eigenvalue weighted by Gasteiger charge is -2.32. The Morgan fingerprint density at radius 2 is 1.48 bits per heavy atom. The molecule has 0 bridgehead atoms. The van der Waals surface area contributed by atoms with E-state index in [1.54, 1.807) is 12.1 Å². The molecule has 0 radical (unpaired) electrons. The Bertz CT molecular complexity index is 1330. The first-order chi connectivity index (χ1) is 21.5. The summed E-state index contributed by atoms with van der Waals surface area (Å²) in [7, 11) is 0. The highest BCUT2D eigenvalue weighted by Gasteiger charge is 2.28. The maximum atomic E-state index is 12.8. The van der Waals surface area contributed by atoms with Gasteiger partial charge in [0.2, 0.25) is 0 Å². The molecule has 3 aromatic carbocycles. The van der Waals surface area contributed by atoms with Gasteiger partial charge in [-0.05, 0) is 81.1 Å². The van der Waals surface area contributed by atoms with Gasteiger partial charge in [0.15, 0.2) is 0 Å². The highest BCUT2D eigenvalue weighted by Crippen LogP contribution is 2.28. The Kier molecular flexibility index (Phi) is 11.5. The van der Waals surface area contributed by atoms with Crippen LogP contribution in [-0.4, -0.2) is 96.9 Å². The summed E-state index contributed by atoms with van der Waals surface area (Å²) in [5, 5.41) is 15.8. The quantitative estimate of drug-likeness (QED) is 0.214. The van der Waals surface area contributed by atoms with Crippen LogP contribution in [0.1, 0.15) is 31.2 Å². The Morgan fingerprint density at radius 1 is 0.795 bits per heavy atom. The average Bonchev–Trinajstić information content (AvgIpc) is 3.39. The van der Waals surface area contributed by atoms with Gasteiger partial charge in [-0.1, -0.05) is 60.7 Å². The van der Waals surface area contributed by atoms with Gasteiger partial charge in [0.1, 0.15) is 11.9 Å². The molecule has 5 rings (SSSR count). The fourth-order valence-electron chi connectivity index (χ4n) is 5.95. The van der Waals surface area contributed by atoms with Crippen LogP contribution in [0.3, 0.4) is 0 Å². The highest BCUT2D eigenvalue weighted by atomic mass is 16.6. The van der Waals surface area contributed by atoms with Crippen molar-refractivity contribution in [2.24, 2.45) is 0 Å². The molecule has 0 saturated carbocycles. The number of carbonyl (C=O) groups excluding carboxylic acids is 2. The number of nitrogens with one attached hydrogen (secondary N) is 2. The first kappa shape index (κ1) is 31.3. The molecular weight excluding hydrogens is 554 g/mol. The van der Waals surface area contributed by atoms with E-state index in [0.29, 0.717) is 5.75 Å². The van der Waals surface area contributed by atoms with E-state index in [1.165, 1.54) is 5.56 Å². The van der Waals surface area contributed by atoms with Gasteiger partial charge >= 0.3 is 12.1 Å². The lowest BCUT2D eigenvalue weighted by molar-refractivity contribution is 0.0581. The predicted molar refractivity (Wildman–Crippen MR) is 174 cm³/mol. The van der Waals surface area contributed by atoms with Crippen LogP contribution in [0.25, 0.3) is 11.1 Å². The van der Waals surface area contributed by atoms with E-state index in [4.69, 9.17) is 4.74 Å². The fourth-order valence-corrected chi connectivity index (χ4v) is 5.95. The van der Waals surface area contributed by atoms with E-state index in [0.717, 1.165) is 108 Å². The number of benzene rings is 3. The van der Waals surface area contributed by atoms with Crippen LogP contribution >= 0.6 is 0 Å². The highest BCUT2D eigenvalue weighted by molar-refractivity contribution is 5.91. The number of urea groups is 1. The Labute approximate surface area is 260 Å². The molecule has 9 nitrogen and oxygen atoms in total. The second-order valence-corrected chi connectivity index (χ2v) is 11.6. The van der Waals surface area contributed by atoms with Gasteiger partial charge in [-0.25, -0.2) is 9.59 Å². The molecule has 0 aliphatic carbocycles. The summed E-state index contributed by atoms with van der Waals surface area (Å²) in [6, 6.07) is 25.3. The Morgan fingerprint density at radius 3 is 2.23 bits per heavy atom. The van der Waals surface area contributed by atoms with Gasteiger partial charge < -0.3 is 29.9 Å². The summed E-state index contributed by atoms with van der Waals surface area (Å²) < 4.78 is 5.78. The first-order valence-electron chi connectivity index (χ1n) is 15.9. The zero-order valence-corrected chi connectivity index (χ0v) is 25.5. The molecule has 44 heavy (non-hydrogen) atoms. The van der Waals surface area contributed by atoms with Crippen LogP contribution in [0.15, 0.2) is 78.9 Å². The van der Waals surface area contributed by atoms with Gasteiger partial charge in [-0.2, -0.15) is 0 Å². The normalized spacial score (nSPS) is 16.0. The number of amides is 3. The minimum Gasteiger partial charge on any atom is -0.508 e. The van der Waals surface area contributed by atoms with Gasteiger partial charge in [-0.15, -0.1) is 0 Å². The Hall–Kier alpha value is -4.08. The number of aromatic hydroxyl groups is 1. The van der Waals surface area contributed by atoms with Crippen LogP contribution in [-0.2, 0) is 11.2 Å². The molecule has 2 saturated heterocycles. The van der Waals surface area contributed by atoms with Crippen molar-refractivity contribution < 1.29 is 19.4 Å². The molecule has 0 aromatic heterocycles. The third-order valence-electron chi connectivity index (χ3n) is 8.45. The van der Waals surface area contributed by atoms with Crippen LogP contribution in [0, 0.1) is 0 Å². The molecule has 3 aromatic rings. The number of anilines is 1. The summed E-state index contributed by atoms with van der Waals surface area (Å²) in [5.41, 5.74) is 3.96. The number of carbonyl (C=O) groups is 2. The minimum atomic E-state index is -0.409. The second kappa shape index (κ2) is 16.1. The van der Waals surface area contributed by atoms with Crippen molar-refractivity contribution >= 4 is 17.8 Å². The SMILES string of the molecule is O=C(Nc1ccccc1-c1ccccc1)OC1CCN(CCCN2CCN(CCCNCCc3ccc(O)cc3)C2=O)CC1. The van der Waals surface area contributed by atoms with Crippen LogP contribution in [0.2, 0.25) is 0 Å². The molecule has 2 heterocycles. The molecule has 0 unspecified atom stereocenters. The number of hydrogen-bond donors (Lipinski definition) is 3. The smallest absolute Gasteiger partial charge is 0.411 e. The number of ether oxygens (including phenoxy) is 1. The number of phenolic OH excluding ortho intramolecular Hbond substituents is 1. The van der Waals surface area contributed by atoms with Crippen molar-refractivity contribution in [1.29, 1.82) is 0 Å². The standard InChI is InChI=1S/C35H45N5O4/c41-30-14-12-28(13-15-30)16-20-36-19-6-22-39-26-27-40(35(39)43)23-7-21-38-24-17-31(18-25-38)44-34(42)37-33-11-5-4-10-32(33)29-8-2-1-3-9-29/h1-5,8-15,31,36,41H,6-7,16-27H2,(H,37,42). The van der Waals surface area contributed by atoms with E-state index < -0.39 is 6.09 Å². The van der Waals surface area contributed by atoms with Gasteiger partial charge in [0, 0.05) is 44.8 Å². The maximum absolute atomic E-state index is 12.8. The van der Waals surface area contributed by atoms with Crippen molar-refractivity contribution in [2.45, 2.75) is 38.2 Å². The summed E-state index contributed by atoms with van der Waals surface area (Å²) in [6.45, 7) is 7.63. The van der Waals surface area contributed by atoms with Crippen molar-refractivity contribution in [3.8, 4) is 16.9 Å². The molecule has 234 valence electrons. The number of para-hydroxylation sites is 1. The third-order valence-corrected chi connectivity index (χ3v) is 8.45. The molecule has 3 amide bonds. The summed E-state index contributed by atoms with van der Waals surface area (Å²) >= 11 is 0. The number of likely N-dealkylation sites (tertiary alicyclic amines) is 1. The van der Waals surface area contributed by atoms with Crippen molar-refractivity contribution in [1.82, 2.24) is 20.0 Å². The van der Waals surface area contributed by atoms with Gasteiger partial charge in [-0.3, -0.25) is 5.32 Å². The number of hydrogen-bond acceptors (Lipinski definition) is 6. The number of phenols is 1. The minimum absolute atomic E-state index is 0.0915. The fraction of sp³-hybridized carbons (Fsp3) is 0.429. The van der Waals surface area contributed by atoms with Crippen LogP contribution in [0.4, 0.5) is 15.3 Å². The zero-order chi connectivity index (χ0) is 30.6. The van der Waals surface area contributed by atoms with Crippen molar-refractivity contribution in [2.75, 3.05) is 64.2 Å². The second-order valence-electron chi connectivity index (χ2n) is 11.6. The topological polar surface area (TPSA) is 97.4 Å². The molecule has 0 spiro atoms. The third kappa shape index (κ3) is 9.21. The molecule has 9 heteroatoms. The molecule has 2 aliphatic heterocycles. The first-order valence-corrected chi connectivity index (χ1v) is 15.9. The summed E-state index contributed by atoms with van der Waals surface area (Å²) in [4.78, 5) is 31.9. The number of nitrogens with zero attached hydrogens (tertiary/aromatic N) is 3. The molecule has 0 atom stereocenters. The van der Waals surface area contributed by atoms with Crippen molar-refractivity contribution in [3.63, 3.8) is 0 Å². The predicted octanol–water partition coefficient (Wildman–Crippen LogP) is 5.42. The largest absolute Gasteiger partial charge is 0.508 e. The average molecular weight is 600 g/mol. The lowest BCUT2D eigenvalue weighted by Crippen LogP contribution is -2.40. The number of rotatable bonds is 14. The molecule has 2 aliphatic rings. The summed E-state index contributed by atoms with van der Waals surface area (Å²) in [6.07, 6.45) is 3.92. The van der Waals surface area contributed by atoms with Crippen LogP contribution in [0.5, 0.6) is 5.75 Å². The zero-order valence-electron chi connectivity index (χ0n) is 25.5. The van der Waals surface area contributed by atoms with Crippen LogP contribution < -0.4 is 10.6 Å².